The minimum absolute atomic E-state index is 0.292. The molecule has 0 aromatic heterocycles. The van der Waals surface area contributed by atoms with E-state index in [1.807, 2.05) is 63.5 Å². The molecule has 4 nitrogen and oxygen atoms in total. The summed E-state index contributed by atoms with van der Waals surface area (Å²) in [5, 5.41) is 0. The average molecular weight is 397 g/mol. The molecule has 0 aliphatic rings. The largest absolute Gasteiger partial charge is 0.544 e. The van der Waals surface area contributed by atoms with Crippen LogP contribution in [0.2, 0.25) is 58.9 Å². The van der Waals surface area contributed by atoms with Gasteiger partial charge in [0, 0.05) is 0 Å². The lowest BCUT2D eigenvalue weighted by Gasteiger charge is -2.24. The summed E-state index contributed by atoms with van der Waals surface area (Å²) in [6.07, 6.45) is 1.76. The Morgan fingerprint density at radius 1 is 0.760 bits per heavy atom. The molecule has 0 aliphatic carbocycles. The second-order valence-electron chi connectivity index (χ2n) is 9.01. The van der Waals surface area contributed by atoms with Crippen molar-refractivity contribution in [2.75, 3.05) is 0 Å². The van der Waals surface area contributed by atoms with Crippen LogP contribution < -0.4 is 4.43 Å². The van der Waals surface area contributed by atoms with Crippen LogP contribution in [0.4, 0.5) is 0 Å². The zero-order valence-corrected chi connectivity index (χ0v) is 20.0. The Hall–Kier alpha value is -1.32. The molecule has 7 heteroatoms. The van der Waals surface area contributed by atoms with E-state index in [1.165, 1.54) is 0 Å². The standard InChI is InChI=1S/C18H32O4Si3/c1-23(2,3)20-16-12-10-15(11-13-16)14-17(21-24(4,5)6)18(19)22-25(7,8)9/h10-14H,1-9H3/b17-14+. The van der Waals surface area contributed by atoms with Crippen LogP contribution in [0.1, 0.15) is 5.56 Å². The maximum absolute atomic E-state index is 12.5. The Morgan fingerprint density at radius 2 is 1.24 bits per heavy atom. The second-order valence-corrected chi connectivity index (χ2v) is 22.3. The van der Waals surface area contributed by atoms with Gasteiger partial charge in [-0.2, -0.15) is 0 Å². The molecule has 0 spiro atoms. The molecule has 140 valence electrons. The summed E-state index contributed by atoms with van der Waals surface area (Å²) < 4.78 is 17.6. The minimum Gasteiger partial charge on any atom is -0.544 e. The van der Waals surface area contributed by atoms with Crippen molar-refractivity contribution in [1.82, 2.24) is 0 Å². The van der Waals surface area contributed by atoms with Gasteiger partial charge < -0.3 is 13.3 Å². The number of hydrogen-bond acceptors (Lipinski definition) is 4. The lowest BCUT2D eigenvalue weighted by molar-refractivity contribution is -0.133. The van der Waals surface area contributed by atoms with Crippen molar-refractivity contribution in [2.45, 2.75) is 58.9 Å². The zero-order chi connectivity index (χ0) is 19.5. The molecule has 0 aliphatic heterocycles. The van der Waals surface area contributed by atoms with E-state index in [9.17, 15) is 4.79 Å². The highest BCUT2D eigenvalue weighted by molar-refractivity contribution is 6.72. The van der Waals surface area contributed by atoms with Crippen LogP contribution in [0.3, 0.4) is 0 Å². The van der Waals surface area contributed by atoms with E-state index in [1.54, 1.807) is 6.08 Å². The zero-order valence-electron chi connectivity index (χ0n) is 17.0. The monoisotopic (exact) mass is 396 g/mol. The van der Waals surface area contributed by atoms with Gasteiger partial charge in [0.2, 0.25) is 25.0 Å². The van der Waals surface area contributed by atoms with Gasteiger partial charge in [0.15, 0.2) is 5.76 Å². The quantitative estimate of drug-likeness (QED) is 0.348. The van der Waals surface area contributed by atoms with E-state index in [0.29, 0.717) is 5.76 Å². The van der Waals surface area contributed by atoms with Crippen LogP contribution in [0.5, 0.6) is 5.75 Å². The average Bonchev–Trinajstić information content (AvgIpc) is 2.35. The van der Waals surface area contributed by atoms with Gasteiger partial charge >= 0.3 is 5.97 Å². The molecule has 0 fully saturated rings. The van der Waals surface area contributed by atoms with E-state index < -0.39 is 25.0 Å². The Bertz CT molecular complexity index is 618. The summed E-state index contributed by atoms with van der Waals surface area (Å²) >= 11 is 0. The van der Waals surface area contributed by atoms with Gasteiger partial charge in [-0.15, -0.1) is 0 Å². The highest BCUT2D eigenvalue weighted by Gasteiger charge is 2.27. The van der Waals surface area contributed by atoms with Crippen LogP contribution in [0.15, 0.2) is 30.0 Å². The molecule has 0 heterocycles. The van der Waals surface area contributed by atoms with E-state index in [-0.39, 0.29) is 5.97 Å². The van der Waals surface area contributed by atoms with E-state index in [2.05, 4.69) is 19.6 Å². The lowest BCUT2D eigenvalue weighted by Crippen LogP contribution is -2.33. The van der Waals surface area contributed by atoms with Crippen LogP contribution in [0.25, 0.3) is 6.08 Å². The van der Waals surface area contributed by atoms with Gasteiger partial charge in [-0.1, -0.05) is 12.1 Å². The molecular formula is C18H32O4Si3. The third-order valence-corrected chi connectivity index (χ3v) is 5.10. The summed E-state index contributed by atoms with van der Waals surface area (Å²) in [6.45, 7) is 18.5. The van der Waals surface area contributed by atoms with Crippen molar-refractivity contribution in [3.8, 4) is 5.75 Å². The Kier molecular flexibility index (Phi) is 6.88. The first-order valence-corrected chi connectivity index (χ1v) is 18.8. The van der Waals surface area contributed by atoms with E-state index in [4.69, 9.17) is 13.3 Å². The highest BCUT2D eigenvalue weighted by atomic mass is 28.4. The summed E-state index contributed by atoms with van der Waals surface area (Å²) in [7, 11) is -5.54. The van der Waals surface area contributed by atoms with Crippen LogP contribution in [-0.4, -0.2) is 30.9 Å². The predicted molar refractivity (Wildman–Crippen MR) is 112 cm³/mol. The number of hydrogen-bond donors (Lipinski definition) is 0. The molecule has 0 amide bonds. The number of carbonyl (C=O) groups is 1. The minimum atomic E-state index is -1.98. The van der Waals surface area contributed by atoms with E-state index >= 15 is 0 Å². The summed E-state index contributed by atoms with van der Waals surface area (Å²) in [4.78, 5) is 12.5. The Labute approximate surface area is 155 Å². The number of benzene rings is 1. The van der Waals surface area contributed by atoms with Gasteiger partial charge in [0.25, 0.3) is 0 Å². The maximum Gasteiger partial charge on any atom is 0.358 e. The van der Waals surface area contributed by atoms with Crippen molar-refractivity contribution in [1.29, 1.82) is 0 Å². The second kappa shape index (κ2) is 7.92. The number of carbonyl (C=O) groups excluding carboxylic acids is 1. The molecule has 1 rings (SSSR count). The molecule has 0 N–H and O–H groups in total. The molecule has 0 bridgehead atoms. The summed E-state index contributed by atoms with van der Waals surface area (Å²) in [5.74, 6) is 0.776. The molecule has 25 heavy (non-hydrogen) atoms. The fourth-order valence-electron chi connectivity index (χ4n) is 1.93. The molecule has 0 saturated carbocycles. The third-order valence-electron chi connectivity index (χ3n) is 2.62. The van der Waals surface area contributed by atoms with Gasteiger partial charge in [0.05, 0.1) is 0 Å². The van der Waals surface area contributed by atoms with Crippen LogP contribution in [-0.2, 0) is 13.6 Å². The van der Waals surface area contributed by atoms with Crippen LogP contribution in [0, 0.1) is 0 Å². The first-order chi connectivity index (χ1) is 11.1. The van der Waals surface area contributed by atoms with Crippen molar-refractivity contribution in [3.63, 3.8) is 0 Å². The smallest absolute Gasteiger partial charge is 0.358 e. The molecular weight excluding hydrogens is 364 g/mol. The van der Waals surface area contributed by atoms with Crippen molar-refractivity contribution >= 4 is 37.0 Å². The third kappa shape index (κ3) is 9.66. The highest BCUT2D eigenvalue weighted by Crippen LogP contribution is 2.21. The maximum atomic E-state index is 12.5. The Balaban J connectivity index is 3.06. The first kappa shape index (κ1) is 21.7. The molecule has 1 aromatic rings. The van der Waals surface area contributed by atoms with E-state index in [0.717, 1.165) is 11.3 Å². The molecule has 0 radical (unpaired) electrons. The van der Waals surface area contributed by atoms with Crippen molar-refractivity contribution in [2.24, 2.45) is 0 Å². The fourth-order valence-corrected chi connectivity index (χ4v) is 4.23. The van der Waals surface area contributed by atoms with Crippen LogP contribution >= 0.6 is 0 Å². The van der Waals surface area contributed by atoms with Gasteiger partial charge in [0.1, 0.15) is 5.75 Å². The first-order valence-electron chi connectivity index (χ1n) is 8.58. The lowest BCUT2D eigenvalue weighted by atomic mass is 10.2. The van der Waals surface area contributed by atoms with Gasteiger partial charge in [-0.3, -0.25) is 0 Å². The van der Waals surface area contributed by atoms with Crippen molar-refractivity contribution in [3.05, 3.63) is 35.6 Å². The predicted octanol–water partition coefficient (Wildman–Crippen LogP) is 5.47. The van der Waals surface area contributed by atoms with Gasteiger partial charge in [-0.05, 0) is 82.7 Å². The summed E-state index contributed by atoms with van der Waals surface area (Å²) in [5.41, 5.74) is 0.892. The number of rotatable bonds is 7. The molecule has 0 saturated heterocycles. The van der Waals surface area contributed by atoms with Gasteiger partial charge in [-0.25, -0.2) is 4.79 Å². The fraction of sp³-hybridized carbons (Fsp3) is 0.500. The molecule has 0 atom stereocenters. The summed E-state index contributed by atoms with van der Waals surface area (Å²) in [6, 6.07) is 7.73. The SMILES string of the molecule is C[Si](C)(C)OC(=O)/C(=C\c1ccc(O[Si](C)(C)C)cc1)O[Si](C)(C)C. The molecule has 0 unspecified atom stereocenters. The Morgan fingerprint density at radius 3 is 1.64 bits per heavy atom. The normalized spacial score (nSPS) is 13.4. The topological polar surface area (TPSA) is 44.8 Å². The van der Waals surface area contributed by atoms with Crippen molar-refractivity contribution < 1.29 is 18.1 Å². The molecule has 1 aromatic carbocycles.